The first-order valence-corrected chi connectivity index (χ1v) is 6.69. The molecule has 0 spiro atoms. The first-order valence-electron chi connectivity index (χ1n) is 4.86. The molecule has 0 N–H and O–H groups in total. The lowest BCUT2D eigenvalue weighted by Crippen LogP contribution is -2.15. The van der Waals surface area contributed by atoms with E-state index < -0.39 is 0 Å². The fourth-order valence-electron chi connectivity index (χ4n) is 1.28. The second-order valence-corrected chi connectivity index (χ2v) is 7.22. The summed E-state index contributed by atoms with van der Waals surface area (Å²) >= 11 is 6.98. The number of rotatable bonds is 3. The predicted octanol–water partition coefficient (Wildman–Crippen LogP) is 5.16. The summed E-state index contributed by atoms with van der Waals surface area (Å²) in [7, 11) is 0. The maximum absolute atomic E-state index is 3.49. The van der Waals surface area contributed by atoms with Crippen LogP contribution in [0.4, 0.5) is 0 Å². The highest BCUT2D eigenvalue weighted by Crippen LogP contribution is 2.32. The summed E-state index contributed by atoms with van der Waals surface area (Å²) < 4.78 is 0.258. The summed E-state index contributed by atoms with van der Waals surface area (Å²) in [5.41, 5.74) is 2.96. The molecule has 78 valence electrons. The smallest absolute Gasteiger partial charge is 0.0712 e. The van der Waals surface area contributed by atoms with Crippen LogP contribution in [0.5, 0.6) is 0 Å². The Morgan fingerprint density at radius 3 is 2.00 bits per heavy atom. The maximum Gasteiger partial charge on any atom is 0.0946 e. The molecule has 0 aliphatic carbocycles. The second kappa shape index (κ2) is 4.80. The highest BCUT2D eigenvalue weighted by atomic mass is 79.9. The quantitative estimate of drug-likeness (QED) is 0.675. The summed E-state index contributed by atoms with van der Waals surface area (Å²) in [5, 5.41) is 0. The molecule has 0 heterocycles. The van der Waals surface area contributed by atoms with Gasteiger partial charge in [-0.15, -0.1) is 0 Å². The molecule has 0 bridgehead atoms. The molecule has 0 aliphatic rings. The lowest BCUT2D eigenvalue weighted by Gasteiger charge is -2.23. The van der Waals surface area contributed by atoms with Crippen LogP contribution in [0.2, 0.25) is 0 Å². The standard InChI is InChI=1S/C12H16Br2/c1-4-12(2,3)10-7-5-9(6-8-10)11(13)14/h5-8,11H,4H2,1-3H3. The lowest BCUT2D eigenvalue weighted by molar-refractivity contribution is 0.506. The number of hydrogen-bond acceptors (Lipinski definition) is 0. The van der Waals surface area contributed by atoms with Gasteiger partial charge in [0.15, 0.2) is 0 Å². The van der Waals surface area contributed by atoms with Crippen molar-refractivity contribution < 1.29 is 0 Å². The molecule has 1 aromatic rings. The largest absolute Gasteiger partial charge is 0.0946 e. The zero-order valence-corrected chi connectivity index (χ0v) is 12.0. The van der Waals surface area contributed by atoms with Crippen LogP contribution in [-0.4, -0.2) is 0 Å². The fourth-order valence-corrected chi connectivity index (χ4v) is 1.89. The number of benzene rings is 1. The Hall–Kier alpha value is 0.180. The average Bonchev–Trinajstić information content (AvgIpc) is 2.18. The fraction of sp³-hybridized carbons (Fsp3) is 0.500. The van der Waals surface area contributed by atoms with Crippen LogP contribution in [0.3, 0.4) is 0 Å². The molecule has 0 unspecified atom stereocenters. The van der Waals surface area contributed by atoms with E-state index >= 15 is 0 Å². The van der Waals surface area contributed by atoms with Gasteiger partial charge >= 0.3 is 0 Å². The van der Waals surface area contributed by atoms with Gasteiger partial charge in [0.05, 0.1) is 3.74 Å². The SMILES string of the molecule is CCC(C)(C)c1ccc(C(Br)Br)cc1. The molecule has 0 amide bonds. The van der Waals surface area contributed by atoms with E-state index in [9.17, 15) is 0 Å². The summed E-state index contributed by atoms with van der Waals surface area (Å²) in [5.74, 6) is 0. The average molecular weight is 320 g/mol. The molecule has 0 radical (unpaired) electrons. The molecule has 0 saturated carbocycles. The normalized spacial score (nSPS) is 12.1. The summed E-state index contributed by atoms with van der Waals surface area (Å²) in [6, 6.07) is 8.77. The van der Waals surface area contributed by atoms with E-state index in [-0.39, 0.29) is 9.15 Å². The number of halogens is 2. The van der Waals surface area contributed by atoms with Gasteiger partial charge in [0.2, 0.25) is 0 Å². The summed E-state index contributed by atoms with van der Waals surface area (Å²) in [6.07, 6.45) is 1.17. The Kier molecular flexibility index (Phi) is 4.20. The van der Waals surface area contributed by atoms with Gasteiger partial charge in [-0.2, -0.15) is 0 Å². The Balaban J connectivity index is 2.94. The van der Waals surface area contributed by atoms with Gasteiger partial charge in [0.25, 0.3) is 0 Å². The van der Waals surface area contributed by atoms with Gasteiger partial charge in [-0.3, -0.25) is 0 Å². The molecule has 1 aromatic carbocycles. The van der Waals surface area contributed by atoms with E-state index in [0.717, 1.165) is 0 Å². The van der Waals surface area contributed by atoms with Crippen LogP contribution >= 0.6 is 31.9 Å². The van der Waals surface area contributed by atoms with Crippen molar-refractivity contribution in [1.82, 2.24) is 0 Å². The number of alkyl halides is 2. The molecule has 0 nitrogen and oxygen atoms in total. The van der Waals surface area contributed by atoms with E-state index in [1.165, 1.54) is 17.5 Å². The molecule has 2 heteroatoms. The zero-order chi connectivity index (χ0) is 10.8. The first-order chi connectivity index (χ1) is 6.47. The van der Waals surface area contributed by atoms with Gasteiger partial charge in [0.1, 0.15) is 0 Å². The van der Waals surface area contributed by atoms with Crippen LogP contribution in [-0.2, 0) is 5.41 Å². The molecular weight excluding hydrogens is 304 g/mol. The Labute approximate surface area is 103 Å². The molecule has 0 atom stereocenters. The minimum Gasteiger partial charge on any atom is -0.0712 e. The molecule has 1 rings (SSSR count). The van der Waals surface area contributed by atoms with E-state index in [2.05, 4.69) is 76.9 Å². The van der Waals surface area contributed by atoms with Crippen molar-refractivity contribution in [2.75, 3.05) is 0 Å². The third kappa shape index (κ3) is 2.83. The van der Waals surface area contributed by atoms with Gasteiger partial charge in [-0.1, -0.05) is 76.9 Å². The minimum absolute atomic E-state index is 0.258. The first kappa shape index (κ1) is 12.3. The predicted molar refractivity (Wildman–Crippen MR) is 70.4 cm³/mol. The van der Waals surface area contributed by atoms with Crippen molar-refractivity contribution in [1.29, 1.82) is 0 Å². The maximum atomic E-state index is 3.49. The van der Waals surface area contributed by atoms with Crippen molar-refractivity contribution in [2.45, 2.75) is 36.3 Å². The van der Waals surface area contributed by atoms with Gasteiger partial charge in [-0.05, 0) is 23.0 Å². The van der Waals surface area contributed by atoms with E-state index in [1.54, 1.807) is 0 Å². The minimum atomic E-state index is 0.258. The van der Waals surface area contributed by atoms with Gasteiger partial charge in [-0.25, -0.2) is 0 Å². The molecule has 0 aromatic heterocycles. The van der Waals surface area contributed by atoms with Crippen LogP contribution in [0, 0.1) is 0 Å². The molecule has 14 heavy (non-hydrogen) atoms. The highest BCUT2D eigenvalue weighted by molar-refractivity contribution is 9.24. The monoisotopic (exact) mass is 318 g/mol. The van der Waals surface area contributed by atoms with Crippen LogP contribution in [0.25, 0.3) is 0 Å². The van der Waals surface area contributed by atoms with Crippen molar-refractivity contribution in [3.63, 3.8) is 0 Å². The Morgan fingerprint density at radius 2 is 1.64 bits per heavy atom. The zero-order valence-electron chi connectivity index (χ0n) is 8.85. The van der Waals surface area contributed by atoms with Crippen molar-refractivity contribution >= 4 is 31.9 Å². The van der Waals surface area contributed by atoms with E-state index in [0.29, 0.717) is 0 Å². The van der Waals surface area contributed by atoms with E-state index in [1.807, 2.05) is 0 Å². The molecule has 0 saturated heterocycles. The lowest BCUT2D eigenvalue weighted by atomic mass is 9.82. The van der Waals surface area contributed by atoms with Crippen molar-refractivity contribution in [3.05, 3.63) is 35.4 Å². The summed E-state index contributed by atoms with van der Waals surface area (Å²) in [6.45, 7) is 6.79. The molecule has 0 fully saturated rings. The van der Waals surface area contributed by atoms with Crippen molar-refractivity contribution in [3.8, 4) is 0 Å². The van der Waals surface area contributed by atoms with Gasteiger partial charge in [0, 0.05) is 0 Å². The Morgan fingerprint density at radius 1 is 1.14 bits per heavy atom. The van der Waals surface area contributed by atoms with Crippen LogP contribution in [0.15, 0.2) is 24.3 Å². The highest BCUT2D eigenvalue weighted by Gasteiger charge is 2.17. The van der Waals surface area contributed by atoms with Crippen LogP contribution in [0.1, 0.15) is 42.1 Å². The van der Waals surface area contributed by atoms with Crippen molar-refractivity contribution in [2.24, 2.45) is 0 Å². The number of hydrogen-bond donors (Lipinski definition) is 0. The third-order valence-electron chi connectivity index (χ3n) is 2.83. The topological polar surface area (TPSA) is 0 Å². The van der Waals surface area contributed by atoms with Crippen LogP contribution < -0.4 is 0 Å². The van der Waals surface area contributed by atoms with Gasteiger partial charge < -0.3 is 0 Å². The third-order valence-corrected chi connectivity index (χ3v) is 3.89. The molecular formula is C12H16Br2. The summed E-state index contributed by atoms with van der Waals surface area (Å²) in [4.78, 5) is 0. The van der Waals surface area contributed by atoms with E-state index in [4.69, 9.17) is 0 Å². The Bertz CT molecular complexity index is 286. The molecule has 0 aliphatic heterocycles. The second-order valence-electron chi connectivity index (χ2n) is 4.16.